The van der Waals surface area contributed by atoms with Crippen LogP contribution in [0.4, 0.5) is 13.2 Å². The average molecular weight is 396 g/mol. The van der Waals surface area contributed by atoms with Crippen LogP contribution in [0.5, 0.6) is 5.75 Å². The first-order valence-electron chi connectivity index (χ1n) is 8.81. The highest BCUT2D eigenvalue weighted by atomic mass is 32.1. The molecular weight excluding hydrogens is 377 g/mol. The fourth-order valence-electron chi connectivity index (χ4n) is 4.06. The second-order valence-corrected chi connectivity index (χ2v) is 8.20. The van der Waals surface area contributed by atoms with E-state index >= 15 is 0 Å². The van der Waals surface area contributed by atoms with Crippen molar-refractivity contribution in [1.82, 2.24) is 4.90 Å². The maximum atomic E-state index is 12.8. The highest BCUT2D eigenvalue weighted by molar-refractivity contribution is 7.17. The number of nitrogens with zero attached hydrogens (tertiary/aromatic N) is 1. The Morgan fingerprint density at radius 3 is 2.52 bits per heavy atom. The third-order valence-electron chi connectivity index (χ3n) is 5.39. The molecule has 0 spiro atoms. The van der Waals surface area contributed by atoms with Gasteiger partial charge in [0.2, 0.25) is 0 Å². The third kappa shape index (κ3) is 3.82. The topological polar surface area (TPSA) is 55.6 Å². The van der Waals surface area contributed by atoms with Gasteiger partial charge in [0.05, 0.1) is 4.88 Å². The van der Waals surface area contributed by atoms with Crippen molar-refractivity contribution in [2.24, 2.45) is 17.6 Å². The van der Waals surface area contributed by atoms with Crippen molar-refractivity contribution >= 4 is 17.2 Å². The Balaban J connectivity index is 1.45. The maximum absolute atomic E-state index is 12.8. The predicted octanol–water partition coefficient (Wildman–Crippen LogP) is 4.12. The molecule has 2 fully saturated rings. The maximum Gasteiger partial charge on any atom is 0.573 e. The molecule has 0 radical (unpaired) electrons. The van der Waals surface area contributed by atoms with Crippen LogP contribution >= 0.6 is 11.3 Å². The van der Waals surface area contributed by atoms with Gasteiger partial charge in [-0.3, -0.25) is 4.79 Å². The van der Waals surface area contributed by atoms with Crippen LogP contribution in [0, 0.1) is 11.8 Å². The van der Waals surface area contributed by atoms with E-state index in [1.165, 1.54) is 23.5 Å². The van der Waals surface area contributed by atoms with Gasteiger partial charge in [0.1, 0.15) is 5.75 Å². The van der Waals surface area contributed by atoms with Gasteiger partial charge in [-0.25, -0.2) is 0 Å². The summed E-state index contributed by atoms with van der Waals surface area (Å²) in [4.78, 5) is 16.1. The Bertz CT molecular complexity index is 834. The zero-order valence-electron chi connectivity index (χ0n) is 14.4. The standard InChI is InChI=1S/C19H19F3N2O2S/c20-19(21,22)26-13-4-1-11(2-5-13)16-7-8-17(27-16)18(25)24-9-12-3-6-15(23)14(12)10-24/h1-2,4-5,7-8,12,14-15H,3,6,9-10,23H2. The molecule has 2 aliphatic rings. The van der Waals surface area contributed by atoms with Gasteiger partial charge in [-0.05, 0) is 66.6 Å². The van der Waals surface area contributed by atoms with Crippen LogP contribution < -0.4 is 10.5 Å². The summed E-state index contributed by atoms with van der Waals surface area (Å²) in [6.07, 6.45) is -2.59. The second-order valence-electron chi connectivity index (χ2n) is 7.11. The quantitative estimate of drug-likeness (QED) is 0.849. The molecule has 8 heteroatoms. The van der Waals surface area contributed by atoms with Gasteiger partial charge >= 0.3 is 6.36 Å². The van der Waals surface area contributed by atoms with Crippen molar-refractivity contribution in [3.05, 3.63) is 41.3 Å². The number of amides is 1. The summed E-state index contributed by atoms with van der Waals surface area (Å²) in [6.45, 7) is 1.47. The first-order chi connectivity index (χ1) is 12.8. The zero-order chi connectivity index (χ0) is 19.2. The lowest BCUT2D eigenvalue weighted by molar-refractivity contribution is -0.274. The summed E-state index contributed by atoms with van der Waals surface area (Å²) < 4.78 is 40.6. The number of thiophene rings is 1. The van der Waals surface area contributed by atoms with E-state index in [1.807, 2.05) is 11.0 Å². The molecule has 4 nitrogen and oxygen atoms in total. The van der Waals surface area contributed by atoms with E-state index in [0.29, 0.717) is 23.3 Å². The summed E-state index contributed by atoms with van der Waals surface area (Å²) in [5, 5.41) is 0. The molecule has 1 aliphatic heterocycles. The van der Waals surface area contributed by atoms with Gasteiger partial charge < -0.3 is 15.4 Å². The molecule has 1 saturated carbocycles. The van der Waals surface area contributed by atoms with Crippen molar-refractivity contribution in [1.29, 1.82) is 0 Å². The first kappa shape index (κ1) is 18.3. The van der Waals surface area contributed by atoms with Gasteiger partial charge in [-0.2, -0.15) is 0 Å². The van der Waals surface area contributed by atoms with Crippen molar-refractivity contribution in [2.75, 3.05) is 13.1 Å². The molecule has 2 heterocycles. The molecule has 2 aromatic rings. The minimum Gasteiger partial charge on any atom is -0.406 e. The molecule has 27 heavy (non-hydrogen) atoms. The van der Waals surface area contributed by atoms with Gasteiger partial charge in [0.25, 0.3) is 5.91 Å². The third-order valence-corrected chi connectivity index (χ3v) is 6.51. The van der Waals surface area contributed by atoms with Crippen LogP contribution in [0.1, 0.15) is 22.5 Å². The van der Waals surface area contributed by atoms with E-state index in [1.54, 1.807) is 18.2 Å². The number of carbonyl (C=O) groups is 1. The molecule has 3 unspecified atom stereocenters. The summed E-state index contributed by atoms with van der Waals surface area (Å²) in [6, 6.07) is 9.43. The zero-order valence-corrected chi connectivity index (χ0v) is 15.2. The van der Waals surface area contributed by atoms with Gasteiger partial charge in [0, 0.05) is 24.0 Å². The number of hydrogen-bond acceptors (Lipinski definition) is 4. The number of carbonyl (C=O) groups excluding carboxylic acids is 1. The lowest BCUT2D eigenvalue weighted by Crippen LogP contribution is -2.33. The van der Waals surface area contributed by atoms with Gasteiger partial charge in [0.15, 0.2) is 0 Å². The van der Waals surface area contributed by atoms with Gasteiger partial charge in [-0.1, -0.05) is 0 Å². The number of nitrogens with two attached hydrogens (primary N) is 1. The van der Waals surface area contributed by atoms with E-state index in [2.05, 4.69) is 4.74 Å². The molecule has 1 aliphatic carbocycles. The lowest BCUT2D eigenvalue weighted by Gasteiger charge is -2.17. The van der Waals surface area contributed by atoms with Crippen molar-refractivity contribution < 1.29 is 22.7 Å². The first-order valence-corrected chi connectivity index (χ1v) is 9.63. The normalized spacial score (nSPS) is 24.9. The summed E-state index contributed by atoms with van der Waals surface area (Å²) in [5.41, 5.74) is 6.88. The van der Waals surface area contributed by atoms with Crippen molar-refractivity contribution in [3.63, 3.8) is 0 Å². The second kappa shape index (κ2) is 6.83. The molecule has 2 N–H and O–H groups in total. The molecule has 1 saturated heterocycles. The summed E-state index contributed by atoms with van der Waals surface area (Å²) >= 11 is 1.34. The van der Waals surface area contributed by atoms with E-state index in [-0.39, 0.29) is 17.7 Å². The molecule has 0 bridgehead atoms. The number of alkyl halides is 3. The fraction of sp³-hybridized carbons (Fsp3) is 0.421. The number of halogens is 3. The van der Waals surface area contributed by atoms with Crippen LogP contribution in [0.25, 0.3) is 10.4 Å². The molecule has 4 rings (SSSR count). The number of rotatable bonds is 3. The number of hydrogen-bond donors (Lipinski definition) is 1. The summed E-state index contributed by atoms with van der Waals surface area (Å²) in [7, 11) is 0. The van der Waals surface area contributed by atoms with Gasteiger partial charge in [-0.15, -0.1) is 24.5 Å². The van der Waals surface area contributed by atoms with E-state index < -0.39 is 6.36 Å². The fourth-order valence-corrected chi connectivity index (χ4v) is 5.04. The molecule has 1 amide bonds. The smallest absolute Gasteiger partial charge is 0.406 e. The minimum absolute atomic E-state index is 0.00451. The van der Waals surface area contributed by atoms with E-state index in [4.69, 9.17) is 5.73 Å². The van der Waals surface area contributed by atoms with Crippen LogP contribution in [0.15, 0.2) is 36.4 Å². The van der Waals surface area contributed by atoms with Crippen LogP contribution in [0.2, 0.25) is 0 Å². The van der Waals surface area contributed by atoms with Crippen LogP contribution in [-0.4, -0.2) is 36.3 Å². The molecule has 144 valence electrons. The Labute approximate surface area is 158 Å². The largest absolute Gasteiger partial charge is 0.573 e. The number of likely N-dealkylation sites (tertiary alicyclic amines) is 1. The SMILES string of the molecule is NC1CCC2CN(C(=O)c3ccc(-c4ccc(OC(F)(F)F)cc4)s3)CC12. The van der Waals surface area contributed by atoms with E-state index in [0.717, 1.165) is 29.8 Å². The Kier molecular flexibility index (Phi) is 4.63. The number of ether oxygens (including phenoxy) is 1. The van der Waals surface area contributed by atoms with Crippen molar-refractivity contribution in [3.8, 4) is 16.2 Å². The summed E-state index contributed by atoms with van der Waals surface area (Å²) in [5.74, 6) is 0.642. The molecular formula is C19H19F3N2O2S. The lowest BCUT2D eigenvalue weighted by atomic mass is 9.98. The number of benzene rings is 1. The predicted molar refractivity (Wildman–Crippen MR) is 96.5 cm³/mol. The monoisotopic (exact) mass is 396 g/mol. The molecule has 3 atom stereocenters. The highest BCUT2D eigenvalue weighted by Gasteiger charge is 2.42. The Morgan fingerprint density at radius 1 is 1.11 bits per heavy atom. The Morgan fingerprint density at radius 2 is 1.85 bits per heavy atom. The van der Waals surface area contributed by atoms with E-state index in [9.17, 15) is 18.0 Å². The average Bonchev–Trinajstić information content (AvgIpc) is 3.31. The minimum atomic E-state index is -4.71. The Hall–Kier alpha value is -2.06. The van der Waals surface area contributed by atoms with Crippen LogP contribution in [0.3, 0.4) is 0 Å². The molecule has 1 aromatic carbocycles. The number of fused-ring (bicyclic) bond motifs is 1. The van der Waals surface area contributed by atoms with Crippen molar-refractivity contribution in [2.45, 2.75) is 25.2 Å². The molecule has 1 aromatic heterocycles. The van der Waals surface area contributed by atoms with Crippen LogP contribution in [-0.2, 0) is 0 Å². The highest BCUT2D eigenvalue weighted by Crippen LogP contribution is 2.38.